The van der Waals surface area contributed by atoms with E-state index in [4.69, 9.17) is 11.6 Å². The van der Waals surface area contributed by atoms with Crippen molar-refractivity contribution in [3.63, 3.8) is 0 Å². The van der Waals surface area contributed by atoms with Crippen molar-refractivity contribution in [3.05, 3.63) is 74.8 Å². The van der Waals surface area contributed by atoms with Crippen LogP contribution in [0.4, 0.5) is 5.69 Å². The van der Waals surface area contributed by atoms with E-state index < -0.39 is 20.7 Å². The normalized spacial score (nSPS) is 16.1. The van der Waals surface area contributed by atoms with Crippen LogP contribution in [0, 0.1) is 10.1 Å². The van der Waals surface area contributed by atoms with Crippen LogP contribution in [-0.2, 0) is 10.0 Å². The standard InChI is InChI=1S/C20H20ClN3O5S/c1-22-10-12-23(13-11-22)30(28,29)18-7-3-16(4-8-18)20(25)9-5-15-2-6-17(21)14-19(15)24(26)27/h2-9,14H,10-13H2,1H3. The lowest BCUT2D eigenvalue weighted by Crippen LogP contribution is -2.46. The van der Waals surface area contributed by atoms with Crippen LogP contribution in [0.1, 0.15) is 15.9 Å². The van der Waals surface area contributed by atoms with Crippen LogP contribution in [0.3, 0.4) is 0 Å². The summed E-state index contributed by atoms with van der Waals surface area (Å²) in [5.41, 5.74) is 0.312. The van der Waals surface area contributed by atoms with Crippen molar-refractivity contribution in [1.82, 2.24) is 9.21 Å². The molecule has 8 nitrogen and oxygen atoms in total. The number of carbonyl (C=O) groups excluding carboxylic acids is 1. The minimum Gasteiger partial charge on any atom is -0.304 e. The van der Waals surface area contributed by atoms with Crippen molar-refractivity contribution < 1.29 is 18.1 Å². The van der Waals surface area contributed by atoms with Crippen molar-refractivity contribution in [2.45, 2.75) is 4.90 Å². The Morgan fingerprint density at radius 2 is 1.73 bits per heavy atom. The predicted molar refractivity (Wildman–Crippen MR) is 114 cm³/mol. The Labute approximate surface area is 179 Å². The number of nitro groups is 1. The summed E-state index contributed by atoms with van der Waals surface area (Å²) in [7, 11) is -1.67. The Balaban J connectivity index is 1.76. The fourth-order valence-corrected chi connectivity index (χ4v) is 4.63. The third-order valence-corrected chi connectivity index (χ3v) is 6.99. The van der Waals surface area contributed by atoms with Gasteiger partial charge in [-0.3, -0.25) is 14.9 Å². The molecule has 0 bridgehead atoms. The lowest BCUT2D eigenvalue weighted by Gasteiger charge is -2.31. The first-order valence-corrected chi connectivity index (χ1v) is 11.0. The van der Waals surface area contributed by atoms with Crippen molar-refractivity contribution >= 4 is 39.2 Å². The van der Waals surface area contributed by atoms with Crippen LogP contribution >= 0.6 is 11.6 Å². The molecule has 0 atom stereocenters. The molecule has 0 aliphatic carbocycles. The number of ketones is 1. The van der Waals surface area contributed by atoms with Crippen molar-refractivity contribution in [3.8, 4) is 0 Å². The molecule has 30 heavy (non-hydrogen) atoms. The number of piperazine rings is 1. The zero-order chi connectivity index (χ0) is 21.9. The Bertz CT molecular complexity index is 1090. The summed E-state index contributed by atoms with van der Waals surface area (Å²) < 4.78 is 26.9. The van der Waals surface area contributed by atoms with Gasteiger partial charge in [-0.05, 0) is 55.6 Å². The third-order valence-electron chi connectivity index (χ3n) is 4.84. The largest absolute Gasteiger partial charge is 0.304 e. The number of nitro benzene ring substituents is 1. The maximum atomic E-state index is 12.7. The van der Waals surface area contributed by atoms with Gasteiger partial charge in [0.15, 0.2) is 5.78 Å². The molecular weight excluding hydrogens is 430 g/mol. The molecule has 1 fully saturated rings. The fourth-order valence-electron chi connectivity index (χ4n) is 3.05. The monoisotopic (exact) mass is 449 g/mol. The number of nitrogens with zero attached hydrogens (tertiary/aromatic N) is 3. The first-order chi connectivity index (χ1) is 14.2. The fraction of sp³-hybridized carbons (Fsp3) is 0.250. The molecule has 1 saturated heterocycles. The first-order valence-electron chi connectivity index (χ1n) is 9.13. The molecule has 10 heteroatoms. The van der Waals surface area contributed by atoms with E-state index in [-0.39, 0.29) is 26.7 Å². The van der Waals surface area contributed by atoms with E-state index in [1.54, 1.807) is 0 Å². The number of hydrogen-bond acceptors (Lipinski definition) is 6. The van der Waals surface area contributed by atoms with Gasteiger partial charge in [0.1, 0.15) is 0 Å². The number of carbonyl (C=O) groups is 1. The van der Waals surface area contributed by atoms with Gasteiger partial charge in [0.2, 0.25) is 10.0 Å². The molecule has 1 aliphatic rings. The summed E-state index contributed by atoms with van der Waals surface area (Å²) >= 11 is 5.78. The lowest BCUT2D eigenvalue weighted by atomic mass is 10.1. The number of allylic oxidation sites excluding steroid dienone is 1. The van der Waals surface area contributed by atoms with Crippen LogP contribution < -0.4 is 0 Å². The molecule has 0 radical (unpaired) electrons. The number of sulfonamides is 1. The van der Waals surface area contributed by atoms with Crippen LogP contribution in [0.25, 0.3) is 6.08 Å². The third kappa shape index (κ3) is 4.93. The number of hydrogen-bond donors (Lipinski definition) is 0. The molecule has 3 rings (SSSR count). The molecule has 0 spiro atoms. The minimum atomic E-state index is -3.61. The van der Waals surface area contributed by atoms with Gasteiger partial charge in [0, 0.05) is 42.8 Å². The average Bonchev–Trinajstić information content (AvgIpc) is 2.73. The topological polar surface area (TPSA) is 101 Å². The van der Waals surface area contributed by atoms with E-state index in [0.717, 1.165) is 0 Å². The highest BCUT2D eigenvalue weighted by Crippen LogP contribution is 2.24. The van der Waals surface area contributed by atoms with Crippen LogP contribution in [-0.4, -0.2) is 61.6 Å². The number of benzene rings is 2. The van der Waals surface area contributed by atoms with Crippen molar-refractivity contribution in [1.29, 1.82) is 0 Å². The summed E-state index contributed by atoms with van der Waals surface area (Å²) in [5, 5.41) is 11.4. The summed E-state index contributed by atoms with van der Waals surface area (Å²) in [4.78, 5) is 25.2. The molecule has 2 aromatic carbocycles. The number of likely N-dealkylation sites (N-methyl/N-ethyl adjacent to an activating group) is 1. The molecule has 2 aromatic rings. The zero-order valence-corrected chi connectivity index (χ0v) is 17.8. The molecule has 0 N–H and O–H groups in total. The van der Waals surface area contributed by atoms with E-state index in [1.165, 1.54) is 58.9 Å². The lowest BCUT2D eigenvalue weighted by molar-refractivity contribution is -0.385. The first kappa shape index (κ1) is 22.1. The molecule has 0 saturated carbocycles. The van der Waals surface area contributed by atoms with E-state index in [9.17, 15) is 23.3 Å². The highest BCUT2D eigenvalue weighted by Gasteiger charge is 2.27. The number of halogens is 1. The van der Waals surface area contributed by atoms with Gasteiger partial charge >= 0.3 is 0 Å². The van der Waals surface area contributed by atoms with E-state index in [2.05, 4.69) is 4.90 Å². The van der Waals surface area contributed by atoms with Gasteiger partial charge in [0.25, 0.3) is 5.69 Å². The maximum absolute atomic E-state index is 12.7. The smallest absolute Gasteiger partial charge is 0.278 e. The Morgan fingerprint density at radius 3 is 2.33 bits per heavy atom. The van der Waals surface area contributed by atoms with Crippen molar-refractivity contribution in [2.75, 3.05) is 33.2 Å². The summed E-state index contributed by atoms with van der Waals surface area (Å²) in [6, 6.07) is 9.84. The summed E-state index contributed by atoms with van der Waals surface area (Å²) in [5.74, 6) is -0.400. The molecule has 1 heterocycles. The van der Waals surface area contributed by atoms with Gasteiger partial charge in [-0.25, -0.2) is 8.42 Å². The van der Waals surface area contributed by atoms with E-state index >= 15 is 0 Å². The van der Waals surface area contributed by atoms with Gasteiger partial charge in [-0.15, -0.1) is 0 Å². The van der Waals surface area contributed by atoms with Gasteiger partial charge in [-0.1, -0.05) is 11.6 Å². The zero-order valence-electron chi connectivity index (χ0n) is 16.2. The second-order valence-corrected chi connectivity index (χ2v) is 9.26. The Kier molecular flexibility index (Phi) is 6.67. The van der Waals surface area contributed by atoms with E-state index in [1.807, 2.05) is 7.05 Å². The average molecular weight is 450 g/mol. The Hall–Kier alpha value is -2.59. The van der Waals surface area contributed by atoms with Gasteiger partial charge < -0.3 is 4.90 Å². The van der Waals surface area contributed by atoms with Gasteiger partial charge in [0.05, 0.1) is 15.4 Å². The highest BCUT2D eigenvalue weighted by molar-refractivity contribution is 7.89. The maximum Gasteiger partial charge on any atom is 0.278 e. The van der Waals surface area contributed by atoms with Crippen LogP contribution in [0.5, 0.6) is 0 Å². The molecule has 0 aromatic heterocycles. The molecule has 0 unspecified atom stereocenters. The Morgan fingerprint density at radius 1 is 1.10 bits per heavy atom. The minimum absolute atomic E-state index is 0.126. The summed E-state index contributed by atoms with van der Waals surface area (Å²) in [6.45, 7) is 2.17. The quantitative estimate of drug-likeness (QED) is 0.291. The van der Waals surface area contributed by atoms with Crippen LogP contribution in [0.2, 0.25) is 5.02 Å². The highest BCUT2D eigenvalue weighted by atomic mass is 35.5. The second kappa shape index (κ2) is 9.05. The summed E-state index contributed by atoms with van der Waals surface area (Å²) in [6.07, 6.45) is 2.55. The molecule has 0 amide bonds. The second-order valence-electron chi connectivity index (χ2n) is 6.89. The van der Waals surface area contributed by atoms with Crippen LogP contribution in [0.15, 0.2) is 53.4 Å². The molecule has 1 aliphatic heterocycles. The molecular formula is C20H20ClN3O5S. The van der Waals surface area contributed by atoms with Crippen molar-refractivity contribution in [2.24, 2.45) is 0 Å². The number of rotatable bonds is 6. The van der Waals surface area contributed by atoms with E-state index in [0.29, 0.717) is 26.2 Å². The van der Waals surface area contributed by atoms with Gasteiger partial charge in [-0.2, -0.15) is 4.31 Å². The molecule has 158 valence electrons. The SMILES string of the molecule is CN1CCN(S(=O)(=O)c2ccc(C(=O)C=Cc3ccc(Cl)cc3[N+](=O)[O-])cc2)CC1. The predicted octanol–water partition coefficient (Wildman–Crippen LogP) is 3.08.